The van der Waals surface area contributed by atoms with Gasteiger partial charge in [-0.15, -0.1) is 0 Å². The molecule has 5 heteroatoms. The Balaban J connectivity index is 2.33. The quantitative estimate of drug-likeness (QED) is 0.822. The first-order valence-electron chi connectivity index (χ1n) is 7.77. The molecule has 0 aromatic carbocycles. The molecule has 2 rings (SSSR count). The van der Waals surface area contributed by atoms with Crippen molar-refractivity contribution in [2.24, 2.45) is 0 Å². The highest BCUT2D eigenvalue weighted by molar-refractivity contribution is 5.62. The molecule has 0 aliphatic carbocycles. The van der Waals surface area contributed by atoms with Crippen molar-refractivity contribution in [2.75, 3.05) is 39.1 Å². The number of pyridine rings is 1. The van der Waals surface area contributed by atoms with E-state index in [1.165, 1.54) is 5.56 Å². The second kappa shape index (κ2) is 6.92. The second-order valence-corrected chi connectivity index (χ2v) is 6.31. The van der Waals surface area contributed by atoms with E-state index in [4.69, 9.17) is 4.98 Å². The van der Waals surface area contributed by atoms with Gasteiger partial charge in [0.25, 0.3) is 0 Å². The van der Waals surface area contributed by atoms with Gasteiger partial charge in [0.2, 0.25) is 0 Å². The third-order valence-corrected chi connectivity index (χ3v) is 3.76. The van der Waals surface area contributed by atoms with E-state index in [0.717, 1.165) is 30.3 Å². The molecular formula is C17H27N5. The molecule has 2 heterocycles. The van der Waals surface area contributed by atoms with Crippen molar-refractivity contribution in [2.45, 2.75) is 26.8 Å². The van der Waals surface area contributed by atoms with E-state index >= 15 is 0 Å². The van der Waals surface area contributed by atoms with Crippen LogP contribution in [0.4, 0.5) is 5.82 Å². The zero-order chi connectivity index (χ0) is 16.3. The number of likely N-dealkylation sites (N-methyl/N-ethyl adjacent to an activating group) is 2. The van der Waals surface area contributed by atoms with Gasteiger partial charge >= 0.3 is 0 Å². The van der Waals surface area contributed by atoms with E-state index in [-0.39, 0.29) is 0 Å². The maximum atomic E-state index is 4.88. The number of hydrogen-bond acceptors (Lipinski definition) is 4. The van der Waals surface area contributed by atoms with Crippen molar-refractivity contribution < 1.29 is 0 Å². The van der Waals surface area contributed by atoms with Crippen molar-refractivity contribution in [3.8, 4) is 11.4 Å². The molecule has 2 aromatic heterocycles. The van der Waals surface area contributed by atoms with Crippen molar-refractivity contribution in [1.29, 1.82) is 0 Å². The second-order valence-electron chi connectivity index (χ2n) is 6.31. The standard InChI is InChI=1S/C17H27N5/c1-13(2)22-15(9-10-18-22)17-14(3)7-8-16(19-17)21(6)12-11-20(4)5/h7-10,13H,11-12H2,1-6H3. The highest BCUT2D eigenvalue weighted by Gasteiger charge is 2.14. The Morgan fingerprint density at radius 2 is 1.82 bits per heavy atom. The van der Waals surface area contributed by atoms with Gasteiger partial charge in [0.1, 0.15) is 5.82 Å². The predicted molar refractivity (Wildman–Crippen MR) is 92.4 cm³/mol. The van der Waals surface area contributed by atoms with E-state index in [1.54, 1.807) is 0 Å². The monoisotopic (exact) mass is 301 g/mol. The number of nitrogens with zero attached hydrogens (tertiary/aromatic N) is 5. The Hall–Kier alpha value is -1.88. The molecule has 0 fully saturated rings. The molecule has 0 radical (unpaired) electrons. The van der Waals surface area contributed by atoms with E-state index in [9.17, 15) is 0 Å². The smallest absolute Gasteiger partial charge is 0.129 e. The SMILES string of the molecule is Cc1ccc(N(C)CCN(C)C)nc1-c1ccnn1C(C)C. The van der Waals surface area contributed by atoms with Crippen LogP contribution >= 0.6 is 0 Å². The Kier molecular flexibility index (Phi) is 5.19. The molecular weight excluding hydrogens is 274 g/mol. The maximum absolute atomic E-state index is 4.88. The van der Waals surface area contributed by atoms with E-state index in [2.05, 4.69) is 68.9 Å². The van der Waals surface area contributed by atoms with E-state index in [0.29, 0.717) is 6.04 Å². The molecule has 120 valence electrons. The van der Waals surface area contributed by atoms with Crippen molar-refractivity contribution in [1.82, 2.24) is 19.7 Å². The summed E-state index contributed by atoms with van der Waals surface area (Å²) in [6, 6.07) is 6.59. The fourth-order valence-corrected chi connectivity index (χ4v) is 2.37. The van der Waals surface area contributed by atoms with Crippen LogP contribution in [0.5, 0.6) is 0 Å². The molecule has 0 aliphatic heterocycles. The summed E-state index contributed by atoms with van der Waals surface area (Å²) in [5, 5.41) is 4.42. The highest BCUT2D eigenvalue weighted by Crippen LogP contribution is 2.25. The number of aryl methyl sites for hydroxylation is 1. The molecule has 0 saturated heterocycles. The number of aromatic nitrogens is 3. The van der Waals surface area contributed by atoms with Gasteiger partial charge in [0.15, 0.2) is 0 Å². The Morgan fingerprint density at radius 1 is 1.09 bits per heavy atom. The van der Waals surface area contributed by atoms with Crippen LogP contribution in [0.15, 0.2) is 24.4 Å². The summed E-state index contributed by atoms with van der Waals surface area (Å²) < 4.78 is 2.03. The van der Waals surface area contributed by atoms with Crippen molar-refractivity contribution in [3.05, 3.63) is 30.0 Å². The predicted octanol–water partition coefficient (Wildman–Crippen LogP) is 2.83. The summed E-state index contributed by atoms with van der Waals surface area (Å²) in [6.07, 6.45) is 1.85. The Morgan fingerprint density at radius 3 is 2.45 bits per heavy atom. The fourth-order valence-electron chi connectivity index (χ4n) is 2.37. The Bertz CT molecular complexity index is 615. The summed E-state index contributed by atoms with van der Waals surface area (Å²) in [5.41, 5.74) is 3.27. The van der Waals surface area contributed by atoms with E-state index in [1.807, 2.05) is 16.9 Å². The lowest BCUT2D eigenvalue weighted by atomic mass is 10.1. The summed E-state index contributed by atoms with van der Waals surface area (Å²) >= 11 is 0. The fraction of sp³-hybridized carbons (Fsp3) is 0.529. The first-order chi connectivity index (χ1) is 10.4. The van der Waals surface area contributed by atoms with Gasteiger partial charge in [0, 0.05) is 32.4 Å². The normalized spacial score (nSPS) is 11.5. The van der Waals surface area contributed by atoms with Crippen LogP contribution in [0, 0.1) is 6.92 Å². The molecule has 0 atom stereocenters. The maximum Gasteiger partial charge on any atom is 0.129 e. The van der Waals surface area contributed by atoms with Crippen LogP contribution in [0.1, 0.15) is 25.5 Å². The van der Waals surface area contributed by atoms with E-state index < -0.39 is 0 Å². The molecule has 2 aromatic rings. The van der Waals surface area contributed by atoms with Crippen LogP contribution in [0.25, 0.3) is 11.4 Å². The molecule has 5 nitrogen and oxygen atoms in total. The molecule has 0 spiro atoms. The van der Waals surface area contributed by atoms with Crippen molar-refractivity contribution in [3.63, 3.8) is 0 Å². The molecule has 0 amide bonds. The van der Waals surface area contributed by atoms with Gasteiger partial charge in [-0.1, -0.05) is 6.07 Å². The molecule has 22 heavy (non-hydrogen) atoms. The van der Waals surface area contributed by atoms with Gasteiger partial charge in [-0.05, 0) is 52.6 Å². The van der Waals surface area contributed by atoms with Gasteiger partial charge in [0.05, 0.1) is 11.4 Å². The van der Waals surface area contributed by atoms with Crippen molar-refractivity contribution >= 4 is 5.82 Å². The van der Waals surface area contributed by atoms with Crippen LogP contribution in [0.2, 0.25) is 0 Å². The minimum atomic E-state index is 0.321. The number of rotatable bonds is 6. The van der Waals surface area contributed by atoms with Crippen LogP contribution in [-0.4, -0.2) is 53.9 Å². The number of anilines is 1. The first kappa shape index (κ1) is 16.5. The zero-order valence-electron chi connectivity index (χ0n) is 14.5. The molecule has 0 N–H and O–H groups in total. The third-order valence-electron chi connectivity index (χ3n) is 3.76. The first-order valence-corrected chi connectivity index (χ1v) is 7.77. The average Bonchev–Trinajstić information content (AvgIpc) is 2.94. The summed E-state index contributed by atoms with van der Waals surface area (Å²) in [6.45, 7) is 8.33. The average molecular weight is 301 g/mol. The molecule has 0 bridgehead atoms. The molecule has 0 aliphatic rings. The minimum Gasteiger partial charge on any atom is -0.358 e. The van der Waals surface area contributed by atoms with Crippen LogP contribution in [-0.2, 0) is 0 Å². The highest BCUT2D eigenvalue weighted by atomic mass is 15.3. The van der Waals surface area contributed by atoms with Gasteiger partial charge in [-0.3, -0.25) is 4.68 Å². The number of hydrogen-bond donors (Lipinski definition) is 0. The third kappa shape index (κ3) is 3.65. The Labute approximate surface area is 133 Å². The topological polar surface area (TPSA) is 37.2 Å². The lowest BCUT2D eigenvalue weighted by Crippen LogP contribution is -2.29. The zero-order valence-corrected chi connectivity index (χ0v) is 14.5. The largest absolute Gasteiger partial charge is 0.358 e. The minimum absolute atomic E-state index is 0.321. The lowest BCUT2D eigenvalue weighted by molar-refractivity contribution is 0.416. The summed E-state index contributed by atoms with van der Waals surface area (Å²) in [4.78, 5) is 9.26. The van der Waals surface area contributed by atoms with Crippen LogP contribution in [0.3, 0.4) is 0 Å². The molecule has 0 saturated carbocycles. The van der Waals surface area contributed by atoms with Crippen LogP contribution < -0.4 is 4.90 Å². The van der Waals surface area contributed by atoms with Gasteiger partial charge < -0.3 is 9.80 Å². The summed E-state index contributed by atoms with van der Waals surface area (Å²) in [7, 11) is 6.26. The molecule has 0 unspecified atom stereocenters. The van der Waals surface area contributed by atoms with Gasteiger partial charge in [-0.25, -0.2) is 4.98 Å². The summed E-state index contributed by atoms with van der Waals surface area (Å²) in [5.74, 6) is 0.999. The van der Waals surface area contributed by atoms with Gasteiger partial charge in [-0.2, -0.15) is 5.10 Å². The lowest BCUT2D eigenvalue weighted by Gasteiger charge is -2.22.